The summed E-state index contributed by atoms with van der Waals surface area (Å²) in [4.78, 5) is 0. The van der Waals surface area contributed by atoms with Crippen LogP contribution in [0.1, 0.15) is 46.5 Å². The smallest absolute Gasteiger partial charge is 0.279 e. The average molecular weight is 277 g/mol. The van der Waals surface area contributed by atoms with Gasteiger partial charge in [0, 0.05) is 25.2 Å². The average Bonchev–Trinajstić information content (AvgIpc) is 2.36. The van der Waals surface area contributed by atoms with Crippen LogP contribution < -0.4 is 10.5 Å². The normalized spacial score (nSPS) is 23.2. The molecule has 1 aliphatic heterocycles. The molecule has 6 heteroatoms. The summed E-state index contributed by atoms with van der Waals surface area (Å²) < 4.78 is 28.6. The maximum absolute atomic E-state index is 12.2. The van der Waals surface area contributed by atoms with Crippen molar-refractivity contribution in [1.82, 2.24) is 9.03 Å². The van der Waals surface area contributed by atoms with Crippen molar-refractivity contribution >= 4 is 10.2 Å². The lowest BCUT2D eigenvalue weighted by atomic mass is 9.95. The summed E-state index contributed by atoms with van der Waals surface area (Å²) in [5.74, 6) is 0.440. The molecule has 1 fully saturated rings. The van der Waals surface area contributed by atoms with Gasteiger partial charge in [0.1, 0.15) is 0 Å². The van der Waals surface area contributed by atoms with E-state index in [1.54, 1.807) is 4.31 Å². The van der Waals surface area contributed by atoms with Gasteiger partial charge < -0.3 is 5.73 Å². The zero-order chi connectivity index (χ0) is 13.8. The standard InChI is InChI=1S/C12H27N3O2S/c1-4-12(13,5-2)10-14-18(16,17)15-8-6-7-11(3)9-15/h11,14H,4-10,13H2,1-3H3. The third kappa shape index (κ3) is 4.19. The van der Waals surface area contributed by atoms with E-state index in [9.17, 15) is 8.42 Å². The fraction of sp³-hybridized carbons (Fsp3) is 1.00. The molecule has 1 atom stereocenters. The van der Waals surface area contributed by atoms with Crippen molar-refractivity contribution < 1.29 is 8.42 Å². The van der Waals surface area contributed by atoms with Gasteiger partial charge in [0.15, 0.2) is 0 Å². The molecule has 1 aliphatic rings. The van der Waals surface area contributed by atoms with Gasteiger partial charge in [-0.2, -0.15) is 12.7 Å². The summed E-state index contributed by atoms with van der Waals surface area (Å²) in [7, 11) is -3.37. The Hall–Kier alpha value is -0.170. The van der Waals surface area contributed by atoms with Crippen LogP contribution >= 0.6 is 0 Å². The highest BCUT2D eigenvalue weighted by atomic mass is 32.2. The van der Waals surface area contributed by atoms with Crippen molar-refractivity contribution in [1.29, 1.82) is 0 Å². The number of rotatable bonds is 6. The molecule has 0 amide bonds. The number of piperidine rings is 1. The van der Waals surface area contributed by atoms with Crippen molar-refractivity contribution in [3.05, 3.63) is 0 Å². The minimum atomic E-state index is -3.37. The maximum Gasteiger partial charge on any atom is 0.279 e. The van der Waals surface area contributed by atoms with Crippen LogP contribution in [-0.4, -0.2) is 37.9 Å². The van der Waals surface area contributed by atoms with E-state index in [1.165, 1.54) is 0 Å². The zero-order valence-electron chi connectivity index (χ0n) is 11.8. The third-order valence-corrected chi connectivity index (χ3v) is 5.50. The first-order valence-corrected chi connectivity index (χ1v) is 8.30. The molecular weight excluding hydrogens is 250 g/mol. The van der Waals surface area contributed by atoms with Crippen LogP contribution in [0, 0.1) is 5.92 Å². The molecule has 0 aliphatic carbocycles. The molecule has 0 bridgehead atoms. The molecule has 1 heterocycles. The molecule has 18 heavy (non-hydrogen) atoms. The van der Waals surface area contributed by atoms with Gasteiger partial charge in [0.2, 0.25) is 0 Å². The number of hydrogen-bond acceptors (Lipinski definition) is 3. The second-order valence-corrected chi connectivity index (χ2v) is 7.26. The maximum atomic E-state index is 12.2. The Bertz CT molecular complexity index is 352. The summed E-state index contributed by atoms with van der Waals surface area (Å²) in [6.45, 7) is 7.61. The van der Waals surface area contributed by atoms with Gasteiger partial charge in [0.05, 0.1) is 0 Å². The van der Waals surface area contributed by atoms with Crippen LogP contribution in [-0.2, 0) is 10.2 Å². The Labute approximate surface area is 111 Å². The summed E-state index contributed by atoms with van der Waals surface area (Å²) in [5, 5.41) is 0. The van der Waals surface area contributed by atoms with Crippen LogP contribution in [0.15, 0.2) is 0 Å². The molecule has 0 radical (unpaired) electrons. The predicted octanol–water partition coefficient (Wildman–Crippen LogP) is 1.07. The van der Waals surface area contributed by atoms with Gasteiger partial charge in [-0.3, -0.25) is 0 Å². The lowest BCUT2D eigenvalue weighted by Gasteiger charge is -2.32. The van der Waals surface area contributed by atoms with Gasteiger partial charge in [0.25, 0.3) is 10.2 Å². The Morgan fingerprint density at radius 3 is 2.50 bits per heavy atom. The monoisotopic (exact) mass is 277 g/mol. The molecule has 1 unspecified atom stereocenters. The minimum absolute atomic E-state index is 0.313. The fourth-order valence-electron chi connectivity index (χ4n) is 2.19. The second-order valence-electron chi connectivity index (χ2n) is 5.50. The second kappa shape index (κ2) is 6.32. The van der Waals surface area contributed by atoms with Crippen LogP contribution in [0.4, 0.5) is 0 Å². The van der Waals surface area contributed by atoms with Crippen molar-refractivity contribution in [2.24, 2.45) is 11.7 Å². The summed E-state index contributed by atoms with van der Waals surface area (Å²) in [6.07, 6.45) is 3.58. The lowest BCUT2D eigenvalue weighted by Crippen LogP contribution is -2.53. The van der Waals surface area contributed by atoms with Crippen molar-refractivity contribution in [3.8, 4) is 0 Å². The van der Waals surface area contributed by atoms with Crippen molar-refractivity contribution in [2.75, 3.05) is 19.6 Å². The van der Waals surface area contributed by atoms with Crippen LogP contribution in [0.5, 0.6) is 0 Å². The minimum Gasteiger partial charge on any atom is -0.324 e. The third-order valence-electron chi connectivity index (χ3n) is 3.97. The highest BCUT2D eigenvalue weighted by Crippen LogP contribution is 2.18. The van der Waals surface area contributed by atoms with Crippen LogP contribution in [0.25, 0.3) is 0 Å². The Balaban J connectivity index is 2.59. The number of nitrogens with two attached hydrogens (primary N) is 1. The molecule has 108 valence electrons. The molecule has 0 saturated carbocycles. The quantitative estimate of drug-likeness (QED) is 0.762. The first-order chi connectivity index (χ1) is 8.33. The predicted molar refractivity (Wildman–Crippen MR) is 74.4 cm³/mol. The topological polar surface area (TPSA) is 75.4 Å². The fourth-order valence-corrected chi connectivity index (χ4v) is 3.66. The first kappa shape index (κ1) is 15.9. The number of hydrogen-bond donors (Lipinski definition) is 2. The van der Waals surface area contributed by atoms with E-state index >= 15 is 0 Å². The molecule has 1 saturated heterocycles. The Morgan fingerprint density at radius 1 is 1.39 bits per heavy atom. The summed E-state index contributed by atoms with van der Waals surface area (Å²) >= 11 is 0. The molecule has 0 aromatic rings. The van der Waals surface area contributed by atoms with E-state index in [1.807, 2.05) is 13.8 Å². The van der Waals surface area contributed by atoms with Crippen molar-refractivity contribution in [2.45, 2.75) is 52.0 Å². The molecule has 3 N–H and O–H groups in total. The Morgan fingerprint density at radius 2 is 2.00 bits per heavy atom. The zero-order valence-corrected chi connectivity index (χ0v) is 12.6. The van der Waals surface area contributed by atoms with E-state index < -0.39 is 15.7 Å². The van der Waals surface area contributed by atoms with Crippen LogP contribution in [0.2, 0.25) is 0 Å². The first-order valence-electron chi connectivity index (χ1n) is 6.86. The Kier molecular flexibility index (Phi) is 5.58. The van der Waals surface area contributed by atoms with Crippen molar-refractivity contribution in [3.63, 3.8) is 0 Å². The molecule has 1 rings (SSSR count). The molecular formula is C12H27N3O2S. The van der Waals surface area contributed by atoms with Gasteiger partial charge in [-0.05, 0) is 31.6 Å². The van der Waals surface area contributed by atoms with Gasteiger partial charge in [-0.25, -0.2) is 4.72 Å². The lowest BCUT2D eigenvalue weighted by molar-refractivity contribution is 0.275. The van der Waals surface area contributed by atoms with Gasteiger partial charge in [-0.1, -0.05) is 20.8 Å². The van der Waals surface area contributed by atoms with E-state index in [-0.39, 0.29) is 0 Å². The SMILES string of the molecule is CCC(N)(CC)CNS(=O)(=O)N1CCCC(C)C1. The molecule has 0 spiro atoms. The highest BCUT2D eigenvalue weighted by molar-refractivity contribution is 7.87. The van der Waals surface area contributed by atoms with Gasteiger partial charge in [-0.15, -0.1) is 0 Å². The van der Waals surface area contributed by atoms with Gasteiger partial charge >= 0.3 is 0 Å². The molecule has 5 nitrogen and oxygen atoms in total. The van der Waals surface area contributed by atoms with Crippen LogP contribution in [0.3, 0.4) is 0 Å². The van der Waals surface area contributed by atoms with E-state index in [0.717, 1.165) is 25.7 Å². The number of nitrogens with one attached hydrogen (secondary N) is 1. The molecule has 0 aromatic carbocycles. The largest absolute Gasteiger partial charge is 0.324 e. The van der Waals surface area contributed by atoms with E-state index in [0.29, 0.717) is 25.6 Å². The number of nitrogens with zero attached hydrogens (tertiary/aromatic N) is 1. The summed E-state index contributed by atoms with van der Waals surface area (Å²) in [5.41, 5.74) is 5.68. The van der Waals surface area contributed by atoms with E-state index in [4.69, 9.17) is 5.73 Å². The highest BCUT2D eigenvalue weighted by Gasteiger charge is 2.29. The van der Waals surface area contributed by atoms with E-state index in [2.05, 4.69) is 11.6 Å². The summed E-state index contributed by atoms with van der Waals surface area (Å²) in [6, 6.07) is 0. The molecule has 0 aromatic heterocycles.